The number of carbonyl (C=O) groups excluding carboxylic acids is 1. The van der Waals surface area contributed by atoms with Crippen molar-refractivity contribution in [3.05, 3.63) is 17.2 Å². The molecule has 0 aliphatic rings. The molecule has 1 rings (SSSR count). The first-order chi connectivity index (χ1) is 8.27. The van der Waals surface area contributed by atoms with E-state index in [1.165, 1.54) is 4.68 Å². The van der Waals surface area contributed by atoms with Crippen molar-refractivity contribution in [3.8, 4) is 0 Å². The van der Waals surface area contributed by atoms with Crippen LogP contribution in [0.4, 0.5) is 4.39 Å². The molecule has 0 spiro atoms. The summed E-state index contributed by atoms with van der Waals surface area (Å²) < 4.78 is 15.4. The summed E-state index contributed by atoms with van der Waals surface area (Å²) in [6.07, 6.45) is 0. The Hall–Kier alpha value is -1.43. The summed E-state index contributed by atoms with van der Waals surface area (Å²) >= 11 is 0. The van der Waals surface area contributed by atoms with Gasteiger partial charge in [-0.2, -0.15) is 5.10 Å². The topological polar surface area (TPSA) is 67.2 Å². The van der Waals surface area contributed by atoms with E-state index in [-0.39, 0.29) is 37.1 Å². The van der Waals surface area contributed by atoms with Gasteiger partial charge in [-0.15, -0.1) is 0 Å². The fourth-order valence-corrected chi connectivity index (χ4v) is 1.78. The first-order valence-electron chi connectivity index (χ1n) is 5.88. The third-order valence-electron chi connectivity index (χ3n) is 2.49. The number of nitrogens with zero attached hydrogens (tertiary/aromatic N) is 2. The highest BCUT2D eigenvalue weighted by molar-refractivity contribution is 5.75. The van der Waals surface area contributed by atoms with Crippen molar-refractivity contribution in [2.75, 3.05) is 13.2 Å². The molecule has 18 heavy (non-hydrogen) atoms. The molecular formula is C12H20FN3O2. The van der Waals surface area contributed by atoms with E-state index >= 15 is 0 Å². The summed E-state index contributed by atoms with van der Waals surface area (Å²) in [5.74, 6) is -0.658. The summed E-state index contributed by atoms with van der Waals surface area (Å²) in [5, 5.41) is 15.2. The van der Waals surface area contributed by atoms with E-state index in [2.05, 4.69) is 10.4 Å². The third-order valence-corrected chi connectivity index (χ3v) is 2.49. The van der Waals surface area contributed by atoms with Crippen molar-refractivity contribution in [1.82, 2.24) is 15.1 Å². The number of hydrogen-bond donors (Lipinski definition) is 2. The average Bonchev–Trinajstić information content (AvgIpc) is 2.50. The second-order valence-electron chi connectivity index (χ2n) is 5.23. The number of amides is 1. The summed E-state index contributed by atoms with van der Waals surface area (Å²) in [5.41, 5.74) is 0.275. The Kier molecular flexibility index (Phi) is 4.45. The van der Waals surface area contributed by atoms with Crippen molar-refractivity contribution in [1.29, 1.82) is 0 Å². The number of nitrogens with one attached hydrogen (secondary N) is 1. The minimum absolute atomic E-state index is 0.0443. The predicted molar refractivity (Wildman–Crippen MR) is 65.7 cm³/mol. The van der Waals surface area contributed by atoms with Gasteiger partial charge >= 0.3 is 0 Å². The lowest BCUT2D eigenvalue weighted by Crippen LogP contribution is -2.32. The van der Waals surface area contributed by atoms with Crippen LogP contribution in [0.2, 0.25) is 0 Å². The largest absolute Gasteiger partial charge is 0.395 e. The van der Waals surface area contributed by atoms with Crippen LogP contribution in [0.3, 0.4) is 0 Å². The molecule has 5 nitrogen and oxygen atoms in total. The van der Waals surface area contributed by atoms with E-state index in [1.807, 2.05) is 20.8 Å². The Morgan fingerprint density at radius 3 is 2.61 bits per heavy atom. The Morgan fingerprint density at radius 1 is 1.50 bits per heavy atom. The van der Waals surface area contributed by atoms with E-state index in [1.54, 1.807) is 6.92 Å². The zero-order chi connectivity index (χ0) is 13.9. The van der Waals surface area contributed by atoms with Crippen molar-refractivity contribution < 1.29 is 14.3 Å². The molecular weight excluding hydrogens is 237 g/mol. The highest BCUT2D eigenvalue weighted by Crippen LogP contribution is 2.26. The van der Waals surface area contributed by atoms with Crippen molar-refractivity contribution >= 4 is 5.91 Å². The van der Waals surface area contributed by atoms with Crippen LogP contribution in [0.15, 0.2) is 0 Å². The molecule has 1 aromatic heterocycles. The van der Waals surface area contributed by atoms with E-state index < -0.39 is 5.41 Å². The maximum absolute atomic E-state index is 14.0. The number of hydrogen-bond acceptors (Lipinski definition) is 3. The molecule has 1 amide bonds. The maximum Gasteiger partial charge on any atom is 0.241 e. The van der Waals surface area contributed by atoms with Gasteiger partial charge in [-0.3, -0.25) is 9.48 Å². The predicted octanol–water partition coefficient (Wildman–Crippen LogP) is 0.737. The number of halogens is 1. The molecule has 0 fully saturated rings. The van der Waals surface area contributed by atoms with Gasteiger partial charge in [0.15, 0.2) is 5.82 Å². The monoisotopic (exact) mass is 257 g/mol. The van der Waals surface area contributed by atoms with Crippen LogP contribution in [-0.4, -0.2) is 33.9 Å². The lowest BCUT2D eigenvalue weighted by Gasteiger charge is -2.20. The van der Waals surface area contributed by atoms with Crippen LogP contribution in [0.1, 0.15) is 32.2 Å². The molecule has 2 N–H and O–H groups in total. The van der Waals surface area contributed by atoms with Crippen LogP contribution < -0.4 is 5.32 Å². The SMILES string of the molecule is Cc1nn(CC(=O)NCCO)c(C(C)(C)C)c1F. The summed E-state index contributed by atoms with van der Waals surface area (Å²) in [7, 11) is 0. The van der Waals surface area contributed by atoms with Crippen LogP contribution in [0.5, 0.6) is 0 Å². The standard InChI is InChI=1S/C12H20FN3O2/c1-8-10(13)11(12(2,3)4)16(15-8)7-9(18)14-5-6-17/h17H,5-7H2,1-4H3,(H,14,18). The molecule has 1 heterocycles. The first kappa shape index (κ1) is 14.6. The van der Waals surface area contributed by atoms with E-state index in [0.29, 0.717) is 5.69 Å². The van der Waals surface area contributed by atoms with Gasteiger partial charge in [-0.05, 0) is 6.92 Å². The Morgan fingerprint density at radius 2 is 2.11 bits per heavy atom. The molecule has 102 valence electrons. The highest BCUT2D eigenvalue weighted by atomic mass is 19.1. The van der Waals surface area contributed by atoms with E-state index in [0.717, 1.165) is 0 Å². The van der Waals surface area contributed by atoms with Crippen LogP contribution in [0.25, 0.3) is 0 Å². The van der Waals surface area contributed by atoms with E-state index in [4.69, 9.17) is 5.11 Å². The van der Waals surface area contributed by atoms with Gasteiger partial charge in [-0.1, -0.05) is 20.8 Å². The smallest absolute Gasteiger partial charge is 0.241 e. The number of aliphatic hydroxyl groups is 1. The van der Waals surface area contributed by atoms with Crippen molar-refractivity contribution in [2.24, 2.45) is 0 Å². The molecule has 0 unspecified atom stereocenters. The Bertz CT molecular complexity index is 435. The molecule has 0 aliphatic heterocycles. The minimum Gasteiger partial charge on any atom is -0.395 e. The summed E-state index contributed by atoms with van der Waals surface area (Å²) in [6, 6.07) is 0. The fourth-order valence-electron chi connectivity index (χ4n) is 1.78. The van der Waals surface area contributed by atoms with Gasteiger partial charge in [-0.25, -0.2) is 4.39 Å². The first-order valence-corrected chi connectivity index (χ1v) is 5.88. The van der Waals surface area contributed by atoms with Gasteiger partial charge in [0.25, 0.3) is 0 Å². The Labute approximate surface area is 106 Å². The number of carbonyl (C=O) groups is 1. The number of rotatable bonds is 4. The summed E-state index contributed by atoms with van der Waals surface area (Å²) in [4.78, 5) is 11.6. The maximum atomic E-state index is 14.0. The molecule has 0 saturated heterocycles. The van der Waals surface area contributed by atoms with Crippen LogP contribution in [-0.2, 0) is 16.8 Å². The molecule has 0 radical (unpaired) electrons. The zero-order valence-corrected chi connectivity index (χ0v) is 11.2. The van der Waals surface area contributed by atoms with Crippen molar-refractivity contribution in [2.45, 2.75) is 39.7 Å². The Balaban J connectivity index is 2.96. The van der Waals surface area contributed by atoms with Gasteiger partial charge in [0.1, 0.15) is 6.54 Å². The second-order valence-corrected chi connectivity index (χ2v) is 5.23. The fraction of sp³-hybridized carbons (Fsp3) is 0.667. The quantitative estimate of drug-likeness (QED) is 0.836. The molecule has 0 saturated carbocycles. The number of aromatic nitrogens is 2. The second kappa shape index (κ2) is 5.48. The van der Waals surface area contributed by atoms with Gasteiger partial charge in [0.2, 0.25) is 5.91 Å². The zero-order valence-electron chi connectivity index (χ0n) is 11.2. The van der Waals surface area contributed by atoms with Gasteiger partial charge in [0, 0.05) is 12.0 Å². The molecule has 1 aromatic rings. The average molecular weight is 257 g/mol. The van der Waals surface area contributed by atoms with Crippen LogP contribution in [0, 0.1) is 12.7 Å². The summed E-state index contributed by atoms with van der Waals surface area (Å²) in [6.45, 7) is 7.21. The van der Waals surface area contributed by atoms with E-state index in [9.17, 15) is 9.18 Å². The highest BCUT2D eigenvalue weighted by Gasteiger charge is 2.27. The molecule has 0 aromatic carbocycles. The third kappa shape index (κ3) is 3.29. The van der Waals surface area contributed by atoms with Gasteiger partial charge < -0.3 is 10.4 Å². The molecule has 0 bridgehead atoms. The number of aliphatic hydroxyl groups excluding tert-OH is 1. The van der Waals surface area contributed by atoms with Crippen molar-refractivity contribution in [3.63, 3.8) is 0 Å². The molecule has 6 heteroatoms. The lowest BCUT2D eigenvalue weighted by atomic mass is 9.91. The molecule has 0 aliphatic carbocycles. The normalized spacial score (nSPS) is 11.7. The van der Waals surface area contributed by atoms with Gasteiger partial charge in [0.05, 0.1) is 18.0 Å². The lowest BCUT2D eigenvalue weighted by molar-refractivity contribution is -0.122. The molecule has 0 atom stereocenters. The van der Waals surface area contributed by atoms with Crippen LogP contribution >= 0.6 is 0 Å². The minimum atomic E-state index is -0.428. The number of aryl methyl sites for hydroxylation is 1.